The van der Waals surface area contributed by atoms with E-state index in [4.69, 9.17) is 10.6 Å². The molecule has 45 heavy (non-hydrogen) atoms. The summed E-state index contributed by atoms with van der Waals surface area (Å²) in [6, 6.07) is 8.55. The predicted octanol–water partition coefficient (Wildman–Crippen LogP) is 5.77. The summed E-state index contributed by atoms with van der Waals surface area (Å²) in [5.41, 5.74) is 8.22. The number of alkyl halides is 3. The minimum atomic E-state index is -4.69. The van der Waals surface area contributed by atoms with Crippen molar-refractivity contribution >= 4 is 45.0 Å². The van der Waals surface area contributed by atoms with Crippen molar-refractivity contribution in [2.24, 2.45) is 0 Å². The van der Waals surface area contributed by atoms with Crippen LogP contribution in [0.2, 0.25) is 0 Å². The lowest BCUT2D eigenvalue weighted by molar-refractivity contribution is -0.145. The maximum Gasteiger partial charge on any atom is 0.420 e. The van der Waals surface area contributed by atoms with Gasteiger partial charge in [-0.1, -0.05) is 6.07 Å². The van der Waals surface area contributed by atoms with Gasteiger partial charge in [-0.05, 0) is 61.2 Å². The standard InChI is InChI=1S/C31H30F3N9O2/c1-41-10-12-42(13-11-41)45-26-7-2-18(14-24(26)31(32,33)34)39-30(44)40-25-6-5-20(21-8-9-36-15-22(21)25)23-16-43(19-3-4-19)29-27(23)28(35)37-17-38-29/h2,5-9,14-17,19H,3-4,10-13H2,1H3,(H2,35,37,38)(H2,39,40,44). The Labute approximate surface area is 255 Å². The highest BCUT2D eigenvalue weighted by Crippen LogP contribution is 2.44. The highest BCUT2D eigenvalue weighted by Gasteiger charge is 2.36. The number of fused-ring (bicyclic) bond motifs is 2. The molecular formula is C31H30F3N9O2. The fourth-order valence-corrected chi connectivity index (χ4v) is 5.69. The van der Waals surface area contributed by atoms with Crippen molar-refractivity contribution in [3.05, 3.63) is 66.9 Å². The van der Waals surface area contributed by atoms with Gasteiger partial charge >= 0.3 is 12.2 Å². The zero-order valence-electron chi connectivity index (χ0n) is 24.3. The molecule has 0 unspecified atom stereocenters. The van der Waals surface area contributed by atoms with Crippen molar-refractivity contribution in [3.8, 4) is 16.9 Å². The lowest BCUT2D eigenvalue weighted by Crippen LogP contribution is -2.46. The van der Waals surface area contributed by atoms with E-state index in [9.17, 15) is 18.0 Å². The lowest BCUT2D eigenvalue weighted by Gasteiger charge is -2.32. The van der Waals surface area contributed by atoms with Crippen molar-refractivity contribution in [2.75, 3.05) is 49.6 Å². The Morgan fingerprint density at radius 2 is 1.80 bits per heavy atom. The SMILES string of the molecule is CN1CCN(Oc2ccc(NC(=O)Nc3ccc(-c4cn(C5CC5)c5ncnc(N)c45)c4ccncc34)cc2C(F)(F)F)CC1. The quantitative estimate of drug-likeness (QED) is 0.219. The molecule has 0 atom stereocenters. The van der Waals surface area contributed by atoms with Gasteiger partial charge in [0.2, 0.25) is 0 Å². The normalized spacial score (nSPS) is 16.3. The number of piperazine rings is 1. The van der Waals surface area contributed by atoms with Crippen molar-refractivity contribution in [3.63, 3.8) is 0 Å². The number of hydrogen-bond donors (Lipinski definition) is 3. The number of nitrogens with one attached hydrogen (secondary N) is 2. The van der Waals surface area contributed by atoms with Crippen molar-refractivity contribution in [2.45, 2.75) is 25.1 Å². The molecule has 1 aliphatic carbocycles. The zero-order valence-corrected chi connectivity index (χ0v) is 24.3. The molecule has 0 radical (unpaired) electrons. The number of carbonyl (C=O) groups excluding carboxylic acids is 1. The Bertz CT molecular complexity index is 1910. The first-order valence-electron chi connectivity index (χ1n) is 14.5. The van der Waals surface area contributed by atoms with Crippen LogP contribution in [-0.4, -0.2) is 68.7 Å². The topological polar surface area (TPSA) is 126 Å². The predicted molar refractivity (Wildman–Crippen MR) is 165 cm³/mol. The summed E-state index contributed by atoms with van der Waals surface area (Å²) >= 11 is 0. The number of hydroxylamine groups is 2. The number of nitrogens with two attached hydrogens (primary N) is 1. The van der Waals surface area contributed by atoms with Gasteiger partial charge in [-0.3, -0.25) is 4.98 Å². The number of urea groups is 1. The van der Waals surface area contributed by atoms with Crippen LogP contribution in [0.5, 0.6) is 5.75 Å². The van der Waals surface area contributed by atoms with E-state index >= 15 is 0 Å². The van der Waals surface area contributed by atoms with E-state index in [1.165, 1.54) is 23.5 Å². The molecule has 1 saturated carbocycles. The summed E-state index contributed by atoms with van der Waals surface area (Å²) in [7, 11) is 1.94. The first-order chi connectivity index (χ1) is 21.7. The second kappa shape index (κ2) is 11.2. The third kappa shape index (κ3) is 5.69. The molecule has 7 rings (SSSR count). The number of carbonyl (C=O) groups is 1. The summed E-state index contributed by atoms with van der Waals surface area (Å²) in [5, 5.41) is 8.99. The Morgan fingerprint density at radius 3 is 2.56 bits per heavy atom. The number of rotatable bonds is 6. The second-order valence-electron chi connectivity index (χ2n) is 11.3. The second-order valence-corrected chi connectivity index (χ2v) is 11.3. The number of benzene rings is 2. The molecule has 1 aliphatic heterocycles. The molecule has 2 aromatic carbocycles. The third-order valence-electron chi connectivity index (χ3n) is 8.17. The van der Waals surface area contributed by atoms with Crippen LogP contribution in [0.4, 0.5) is 35.2 Å². The number of likely N-dealkylation sites (N-methyl/N-ethyl adjacent to an activating group) is 1. The van der Waals surface area contributed by atoms with Crippen LogP contribution in [0.15, 0.2) is 61.3 Å². The summed E-state index contributed by atoms with van der Waals surface area (Å²) in [5.74, 6) is 0.0520. The molecule has 2 aliphatic rings. The van der Waals surface area contributed by atoms with E-state index in [0.29, 0.717) is 49.1 Å². The number of amides is 2. The van der Waals surface area contributed by atoms with Gasteiger partial charge in [-0.25, -0.2) is 14.8 Å². The summed E-state index contributed by atoms with van der Waals surface area (Å²) in [6.45, 7) is 2.31. The molecule has 4 heterocycles. The molecule has 0 spiro atoms. The van der Waals surface area contributed by atoms with Gasteiger partial charge in [0.15, 0.2) is 5.75 Å². The number of nitrogen functional groups attached to an aromatic ring is 1. The van der Waals surface area contributed by atoms with Crippen LogP contribution in [0.3, 0.4) is 0 Å². The molecule has 1 saturated heterocycles. The first kappa shape index (κ1) is 28.8. The molecule has 232 valence electrons. The third-order valence-corrected chi connectivity index (χ3v) is 8.17. The number of halogens is 3. The van der Waals surface area contributed by atoms with Gasteiger partial charge < -0.3 is 30.7 Å². The van der Waals surface area contributed by atoms with E-state index in [-0.39, 0.29) is 11.4 Å². The maximum atomic E-state index is 14.0. The maximum absolute atomic E-state index is 14.0. The van der Waals surface area contributed by atoms with Crippen molar-refractivity contribution in [1.82, 2.24) is 29.5 Å². The molecule has 4 N–H and O–H groups in total. The van der Waals surface area contributed by atoms with Gasteiger partial charge in [-0.2, -0.15) is 13.2 Å². The summed E-state index contributed by atoms with van der Waals surface area (Å²) in [6.07, 6.45) is 4.21. The number of anilines is 3. The Balaban J connectivity index is 1.15. The smallest absolute Gasteiger partial charge is 0.405 e. The number of hydrogen-bond acceptors (Lipinski definition) is 8. The monoisotopic (exact) mass is 617 g/mol. The zero-order chi connectivity index (χ0) is 31.3. The van der Waals surface area contributed by atoms with Gasteiger partial charge in [0, 0.05) is 67.4 Å². The Morgan fingerprint density at radius 1 is 1.00 bits per heavy atom. The Kier molecular flexibility index (Phi) is 7.17. The van der Waals surface area contributed by atoms with Crippen molar-refractivity contribution < 1.29 is 22.8 Å². The highest BCUT2D eigenvalue weighted by molar-refractivity contribution is 6.13. The van der Waals surface area contributed by atoms with Crippen LogP contribution in [0.25, 0.3) is 32.9 Å². The van der Waals surface area contributed by atoms with Crippen LogP contribution in [0.1, 0.15) is 24.4 Å². The number of pyridine rings is 1. The largest absolute Gasteiger partial charge is 0.420 e. The van der Waals surface area contributed by atoms with Gasteiger partial charge in [-0.15, -0.1) is 5.06 Å². The van der Waals surface area contributed by atoms with Crippen molar-refractivity contribution in [1.29, 1.82) is 0 Å². The molecule has 3 aromatic heterocycles. The molecule has 14 heteroatoms. The van der Waals surface area contributed by atoms with E-state index in [0.717, 1.165) is 46.5 Å². The number of nitrogens with zero attached hydrogens (tertiary/aromatic N) is 6. The molecular weight excluding hydrogens is 587 g/mol. The highest BCUT2D eigenvalue weighted by atomic mass is 19.4. The fourth-order valence-electron chi connectivity index (χ4n) is 5.69. The molecule has 0 bridgehead atoms. The fraction of sp³-hybridized carbons (Fsp3) is 0.290. The van der Waals surface area contributed by atoms with Crippen LogP contribution < -0.4 is 21.2 Å². The van der Waals surface area contributed by atoms with Crippen LogP contribution in [-0.2, 0) is 6.18 Å². The van der Waals surface area contributed by atoms with E-state index in [1.54, 1.807) is 18.5 Å². The lowest BCUT2D eigenvalue weighted by atomic mass is 9.98. The van der Waals surface area contributed by atoms with Crippen LogP contribution in [0, 0.1) is 0 Å². The Hall–Kier alpha value is -4.95. The number of aromatic nitrogens is 4. The summed E-state index contributed by atoms with van der Waals surface area (Å²) in [4.78, 5) is 33.7. The first-order valence-corrected chi connectivity index (χ1v) is 14.5. The van der Waals surface area contributed by atoms with Gasteiger partial charge in [0.05, 0.1) is 11.1 Å². The average molecular weight is 618 g/mol. The van der Waals surface area contributed by atoms with E-state index in [1.807, 2.05) is 25.4 Å². The molecule has 2 amide bonds. The minimum absolute atomic E-state index is 0.0343. The minimum Gasteiger partial charge on any atom is -0.405 e. The van der Waals surface area contributed by atoms with Gasteiger partial charge in [0.1, 0.15) is 23.4 Å². The molecule has 5 aromatic rings. The van der Waals surface area contributed by atoms with E-state index < -0.39 is 17.8 Å². The van der Waals surface area contributed by atoms with Gasteiger partial charge in [0.25, 0.3) is 0 Å². The average Bonchev–Trinajstić information content (AvgIpc) is 3.79. The molecule has 2 fully saturated rings. The van der Waals surface area contributed by atoms with Crippen LogP contribution >= 0.6 is 0 Å². The summed E-state index contributed by atoms with van der Waals surface area (Å²) < 4.78 is 44.1. The van der Waals surface area contributed by atoms with E-state index in [2.05, 4.69) is 35.1 Å². The molecule has 11 nitrogen and oxygen atoms in total.